The molecule has 7 heteroatoms. The second kappa shape index (κ2) is 6.34. The van der Waals surface area contributed by atoms with E-state index in [0.29, 0.717) is 24.7 Å². The molecule has 1 aromatic rings. The molecule has 0 radical (unpaired) electrons. The fourth-order valence-electron chi connectivity index (χ4n) is 2.84. The zero-order valence-corrected chi connectivity index (χ0v) is 14.0. The number of halogens is 1. The minimum atomic E-state index is -3.51. The second-order valence-corrected chi connectivity index (χ2v) is 8.05. The molecule has 1 aromatic carbocycles. The van der Waals surface area contributed by atoms with Gasteiger partial charge < -0.3 is 9.47 Å². The summed E-state index contributed by atoms with van der Waals surface area (Å²) in [6.07, 6.45) is 2.22. The maximum absolute atomic E-state index is 12.9. The fraction of sp³-hybridized carbons (Fsp3) is 0.571. The van der Waals surface area contributed by atoms with Crippen molar-refractivity contribution in [2.75, 3.05) is 19.8 Å². The first-order chi connectivity index (χ1) is 10.1. The zero-order chi connectivity index (χ0) is 14.9. The van der Waals surface area contributed by atoms with Crippen LogP contribution in [-0.2, 0) is 19.5 Å². The lowest BCUT2D eigenvalue weighted by Crippen LogP contribution is -2.50. The lowest BCUT2D eigenvalue weighted by atomic mass is 10.0. The van der Waals surface area contributed by atoms with E-state index in [2.05, 4.69) is 15.9 Å². The van der Waals surface area contributed by atoms with Crippen LogP contribution in [0.2, 0.25) is 0 Å². The van der Waals surface area contributed by atoms with E-state index in [1.165, 1.54) is 0 Å². The van der Waals surface area contributed by atoms with E-state index in [4.69, 9.17) is 9.47 Å². The van der Waals surface area contributed by atoms with Crippen molar-refractivity contribution in [2.24, 2.45) is 0 Å². The Labute approximate surface area is 133 Å². The fourth-order valence-corrected chi connectivity index (χ4v) is 4.79. The molecule has 1 atom stereocenters. The molecule has 2 heterocycles. The van der Waals surface area contributed by atoms with E-state index in [9.17, 15) is 8.42 Å². The summed E-state index contributed by atoms with van der Waals surface area (Å²) in [4.78, 5) is 0.315. The van der Waals surface area contributed by atoms with Crippen LogP contribution in [0, 0.1) is 0 Å². The highest BCUT2D eigenvalue weighted by molar-refractivity contribution is 9.10. The van der Waals surface area contributed by atoms with Crippen LogP contribution in [-0.4, -0.2) is 44.8 Å². The molecule has 0 aliphatic carbocycles. The number of sulfonamides is 1. The maximum Gasteiger partial charge on any atom is 0.243 e. The quantitative estimate of drug-likeness (QED) is 0.813. The summed E-state index contributed by atoms with van der Waals surface area (Å²) in [5.74, 6) is 0. The summed E-state index contributed by atoms with van der Waals surface area (Å²) in [6.45, 7) is 1.59. The predicted molar refractivity (Wildman–Crippen MR) is 81.4 cm³/mol. The first-order valence-electron chi connectivity index (χ1n) is 7.10. The van der Waals surface area contributed by atoms with Crippen LogP contribution in [0.3, 0.4) is 0 Å². The van der Waals surface area contributed by atoms with Crippen molar-refractivity contribution in [1.82, 2.24) is 4.31 Å². The number of rotatable bonds is 3. The molecule has 3 rings (SSSR count). The Kier molecular flexibility index (Phi) is 4.66. The van der Waals surface area contributed by atoms with Gasteiger partial charge in [0.25, 0.3) is 0 Å². The number of piperidine rings is 1. The Morgan fingerprint density at radius 1 is 1.10 bits per heavy atom. The minimum absolute atomic E-state index is 0.227. The van der Waals surface area contributed by atoms with Crippen LogP contribution >= 0.6 is 15.9 Å². The van der Waals surface area contributed by atoms with Crippen LogP contribution in [0.15, 0.2) is 33.6 Å². The summed E-state index contributed by atoms with van der Waals surface area (Å²) < 4.78 is 39.2. The first-order valence-corrected chi connectivity index (χ1v) is 9.33. The first kappa shape index (κ1) is 15.4. The third-order valence-electron chi connectivity index (χ3n) is 3.88. The molecular weight excluding hydrogens is 358 g/mol. The van der Waals surface area contributed by atoms with Crippen molar-refractivity contribution in [3.63, 3.8) is 0 Å². The lowest BCUT2D eigenvalue weighted by Gasteiger charge is -2.36. The molecule has 2 saturated heterocycles. The topological polar surface area (TPSA) is 55.8 Å². The highest BCUT2D eigenvalue weighted by Crippen LogP contribution is 2.30. The van der Waals surface area contributed by atoms with E-state index in [1.807, 2.05) is 0 Å². The number of ether oxygens (including phenoxy) is 2. The van der Waals surface area contributed by atoms with E-state index in [-0.39, 0.29) is 6.04 Å². The maximum atomic E-state index is 12.9. The summed E-state index contributed by atoms with van der Waals surface area (Å²) in [6, 6.07) is 6.51. The number of benzene rings is 1. The van der Waals surface area contributed by atoms with Crippen molar-refractivity contribution >= 4 is 26.0 Å². The molecule has 21 heavy (non-hydrogen) atoms. The molecule has 2 aliphatic rings. The normalized spacial score (nSPS) is 25.3. The Hall–Kier alpha value is -0.470. The van der Waals surface area contributed by atoms with Gasteiger partial charge in [-0.25, -0.2) is 8.42 Å². The number of hydrogen-bond acceptors (Lipinski definition) is 4. The summed E-state index contributed by atoms with van der Waals surface area (Å²) in [5.41, 5.74) is 0. The van der Waals surface area contributed by atoms with E-state index in [0.717, 1.165) is 23.7 Å². The Morgan fingerprint density at radius 3 is 2.43 bits per heavy atom. The molecule has 0 bridgehead atoms. The van der Waals surface area contributed by atoms with E-state index in [1.54, 1.807) is 28.6 Å². The van der Waals surface area contributed by atoms with Gasteiger partial charge in [0, 0.05) is 11.0 Å². The minimum Gasteiger partial charge on any atom is -0.349 e. The van der Waals surface area contributed by atoms with Crippen molar-refractivity contribution in [3.05, 3.63) is 28.7 Å². The largest absolute Gasteiger partial charge is 0.349 e. The lowest BCUT2D eigenvalue weighted by molar-refractivity contribution is -0.0913. The van der Waals surface area contributed by atoms with Gasteiger partial charge in [0.2, 0.25) is 10.0 Å². The monoisotopic (exact) mass is 375 g/mol. The molecule has 0 spiro atoms. The molecule has 0 aromatic heterocycles. The number of hydrogen-bond donors (Lipinski definition) is 0. The highest BCUT2D eigenvalue weighted by atomic mass is 79.9. The van der Waals surface area contributed by atoms with Gasteiger partial charge in [0.05, 0.1) is 24.2 Å². The predicted octanol–water partition coefficient (Wildman–Crippen LogP) is 2.37. The Morgan fingerprint density at radius 2 is 1.76 bits per heavy atom. The van der Waals surface area contributed by atoms with Crippen LogP contribution in [0.4, 0.5) is 0 Å². The molecule has 0 unspecified atom stereocenters. The Bertz CT molecular complexity index is 583. The van der Waals surface area contributed by atoms with Gasteiger partial charge in [0.15, 0.2) is 6.29 Å². The van der Waals surface area contributed by atoms with Crippen molar-refractivity contribution < 1.29 is 17.9 Å². The molecule has 116 valence electrons. The number of nitrogens with zero attached hydrogens (tertiary/aromatic N) is 1. The summed E-state index contributed by atoms with van der Waals surface area (Å²) in [7, 11) is -3.51. The highest BCUT2D eigenvalue weighted by Gasteiger charge is 2.40. The van der Waals surface area contributed by atoms with Gasteiger partial charge in [-0.1, -0.05) is 22.4 Å². The molecule has 2 aliphatic heterocycles. The molecule has 0 saturated carbocycles. The van der Waals surface area contributed by atoms with Gasteiger partial charge >= 0.3 is 0 Å². The molecule has 0 amide bonds. The van der Waals surface area contributed by atoms with Crippen LogP contribution in [0.5, 0.6) is 0 Å². The third-order valence-corrected chi connectivity index (χ3v) is 6.35. The van der Waals surface area contributed by atoms with Crippen LogP contribution < -0.4 is 0 Å². The zero-order valence-electron chi connectivity index (χ0n) is 11.6. The van der Waals surface area contributed by atoms with Gasteiger partial charge in [-0.3, -0.25) is 0 Å². The second-order valence-electron chi connectivity index (χ2n) is 5.24. The average Bonchev–Trinajstić information content (AvgIpc) is 3.02. The molecular formula is C14H18BrNO4S. The van der Waals surface area contributed by atoms with Gasteiger partial charge in [-0.05, 0) is 37.1 Å². The van der Waals surface area contributed by atoms with Crippen LogP contribution in [0.1, 0.15) is 19.3 Å². The smallest absolute Gasteiger partial charge is 0.243 e. The van der Waals surface area contributed by atoms with Crippen molar-refractivity contribution in [3.8, 4) is 0 Å². The van der Waals surface area contributed by atoms with E-state index >= 15 is 0 Å². The van der Waals surface area contributed by atoms with Crippen molar-refractivity contribution in [1.29, 1.82) is 0 Å². The van der Waals surface area contributed by atoms with E-state index < -0.39 is 16.3 Å². The van der Waals surface area contributed by atoms with Gasteiger partial charge in [-0.15, -0.1) is 0 Å². The third kappa shape index (κ3) is 3.17. The summed E-state index contributed by atoms with van der Waals surface area (Å²) >= 11 is 3.33. The molecule has 0 N–H and O–H groups in total. The van der Waals surface area contributed by atoms with Gasteiger partial charge in [-0.2, -0.15) is 4.31 Å². The summed E-state index contributed by atoms with van der Waals surface area (Å²) in [5, 5.41) is 0. The Balaban J connectivity index is 1.89. The standard InChI is InChI=1S/C14H18BrNO4S/c15-11-4-6-12(7-5-11)21(17,18)16-8-2-1-3-13(16)14-19-9-10-20-14/h4-7,13-14H,1-3,8-10H2/t13-/m1/s1. The van der Waals surface area contributed by atoms with Gasteiger partial charge in [0.1, 0.15) is 0 Å². The van der Waals surface area contributed by atoms with Crippen LogP contribution in [0.25, 0.3) is 0 Å². The SMILES string of the molecule is O=S(=O)(c1ccc(Br)cc1)N1CCCC[C@@H]1C1OCCO1. The van der Waals surface area contributed by atoms with Crippen molar-refractivity contribution in [2.45, 2.75) is 36.5 Å². The average molecular weight is 376 g/mol. The molecule has 2 fully saturated rings. The molecule has 5 nitrogen and oxygen atoms in total.